The summed E-state index contributed by atoms with van der Waals surface area (Å²) in [6, 6.07) is 0. The number of halogens is 1. The van der Waals surface area contributed by atoms with Gasteiger partial charge in [0.05, 0.1) is 9.40 Å². The first-order valence-corrected chi connectivity index (χ1v) is 5.33. The molecular weight excluding hydrogens is 262 g/mol. The molecule has 0 bridgehead atoms. The topological polar surface area (TPSA) is 68.1 Å². The maximum absolute atomic E-state index is 10.7. The van der Waals surface area contributed by atoms with E-state index < -0.39 is 4.92 Å². The van der Waals surface area contributed by atoms with Crippen molar-refractivity contribution in [2.75, 3.05) is 11.9 Å². The van der Waals surface area contributed by atoms with Gasteiger partial charge in [0, 0.05) is 12.7 Å². The number of pyridine rings is 1. The summed E-state index contributed by atoms with van der Waals surface area (Å²) in [5, 5.41) is 13.8. The van der Waals surface area contributed by atoms with E-state index in [4.69, 9.17) is 0 Å². The molecule has 1 heterocycles. The Morgan fingerprint density at radius 3 is 2.80 bits per heavy atom. The van der Waals surface area contributed by atoms with Gasteiger partial charge >= 0.3 is 5.69 Å². The fourth-order valence-corrected chi connectivity index (χ4v) is 1.51. The predicted octanol–water partition coefficient (Wildman–Crippen LogP) is 2.82. The standard InChI is InChI=1S/C9H12BrN3O2/c1-6(2)3-12-9-7(10)4-11-5-8(9)13(14)15/h4-6H,3H2,1-2H3,(H,11,12). The molecule has 0 aromatic carbocycles. The van der Waals surface area contributed by atoms with Crippen LogP contribution in [0.2, 0.25) is 0 Å². The van der Waals surface area contributed by atoms with Gasteiger partial charge in [-0.25, -0.2) is 0 Å². The second kappa shape index (κ2) is 5.06. The molecule has 82 valence electrons. The SMILES string of the molecule is CC(C)CNc1c(Br)cncc1[N+](=O)[O-]. The van der Waals surface area contributed by atoms with E-state index in [0.29, 0.717) is 22.6 Å². The third-order valence-electron chi connectivity index (χ3n) is 1.76. The zero-order chi connectivity index (χ0) is 11.4. The first-order valence-electron chi connectivity index (χ1n) is 4.54. The largest absolute Gasteiger partial charge is 0.378 e. The molecular formula is C9H12BrN3O2. The number of hydrogen-bond acceptors (Lipinski definition) is 4. The van der Waals surface area contributed by atoms with E-state index >= 15 is 0 Å². The monoisotopic (exact) mass is 273 g/mol. The highest BCUT2D eigenvalue weighted by Gasteiger charge is 2.16. The van der Waals surface area contributed by atoms with Gasteiger partial charge in [-0.2, -0.15) is 0 Å². The van der Waals surface area contributed by atoms with Crippen LogP contribution in [0.1, 0.15) is 13.8 Å². The first-order chi connectivity index (χ1) is 7.02. The van der Waals surface area contributed by atoms with Crippen LogP contribution in [0.25, 0.3) is 0 Å². The maximum atomic E-state index is 10.7. The Balaban J connectivity index is 2.97. The lowest BCUT2D eigenvalue weighted by Gasteiger charge is -2.10. The molecule has 0 atom stereocenters. The molecule has 0 fully saturated rings. The number of nitro groups is 1. The molecule has 0 aliphatic heterocycles. The highest BCUT2D eigenvalue weighted by molar-refractivity contribution is 9.10. The van der Waals surface area contributed by atoms with Crippen molar-refractivity contribution in [1.29, 1.82) is 0 Å². The molecule has 0 spiro atoms. The zero-order valence-corrected chi connectivity index (χ0v) is 10.1. The number of anilines is 1. The van der Waals surface area contributed by atoms with E-state index in [-0.39, 0.29) is 5.69 Å². The number of hydrogen-bond donors (Lipinski definition) is 1. The Bertz CT molecular complexity index is 368. The van der Waals surface area contributed by atoms with Gasteiger partial charge in [0.25, 0.3) is 0 Å². The second-order valence-electron chi connectivity index (χ2n) is 3.55. The van der Waals surface area contributed by atoms with E-state index in [2.05, 4.69) is 26.2 Å². The average Bonchev–Trinajstić information content (AvgIpc) is 2.15. The van der Waals surface area contributed by atoms with Crippen molar-refractivity contribution in [1.82, 2.24) is 4.98 Å². The van der Waals surface area contributed by atoms with Crippen LogP contribution in [0, 0.1) is 16.0 Å². The Labute approximate surface area is 96.2 Å². The Kier molecular flexibility index (Phi) is 4.02. The molecule has 0 aliphatic rings. The van der Waals surface area contributed by atoms with Crippen molar-refractivity contribution in [3.63, 3.8) is 0 Å². The van der Waals surface area contributed by atoms with Crippen LogP contribution in [0.15, 0.2) is 16.9 Å². The summed E-state index contributed by atoms with van der Waals surface area (Å²) in [5.41, 5.74) is 0.480. The lowest BCUT2D eigenvalue weighted by atomic mass is 10.2. The molecule has 15 heavy (non-hydrogen) atoms. The molecule has 1 rings (SSSR count). The van der Waals surface area contributed by atoms with Crippen LogP contribution < -0.4 is 5.32 Å². The van der Waals surface area contributed by atoms with Gasteiger partial charge in [0.2, 0.25) is 0 Å². The smallest absolute Gasteiger partial charge is 0.311 e. The van der Waals surface area contributed by atoms with Crippen LogP contribution in [0.3, 0.4) is 0 Å². The van der Waals surface area contributed by atoms with Gasteiger partial charge in [-0.15, -0.1) is 0 Å². The third-order valence-corrected chi connectivity index (χ3v) is 2.36. The van der Waals surface area contributed by atoms with Gasteiger partial charge in [-0.05, 0) is 21.8 Å². The molecule has 0 unspecified atom stereocenters. The van der Waals surface area contributed by atoms with Crippen LogP contribution in [0.5, 0.6) is 0 Å². The fraction of sp³-hybridized carbons (Fsp3) is 0.444. The summed E-state index contributed by atoms with van der Waals surface area (Å²) in [5.74, 6) is 0.421. The molecule has 0 radical (unpaired) electrons. The number of nitrogens with zero attached hydrogens (tertiary/aromatic N) is 2. The highest BCUT2D eigenvalue weighted by atomic mass is 79.9. The molecule has 0 amide bonds. The van der Waals surface area contributed by atoms with Crippen molar-refractivity contribution in [3.8, 4) is 0 Å². The Morgan fingerprint density at radius 1 is 1.60 bits per heavy atom. The maximum Gasteiger partial charge on any atom is 0.311 e. The minimum atomic E-state index is -0.444. The van der Waals surface area contributed by atoms with E-state index in [0.717, 1.165) is 0 Å². The van der Waals surface area contributed by atoms with Crippen molar-refractivity contribution < 1.29 is 4.92 Å². The van der Waals surface area contributed by atoms with E-state index in [1.54, 1.807) is 0 Å². The summed E-state index contributed by atoms with van der Waals surface area (Å²) >= 11 is 3.24. The molecule has 1 aromatic rings. The van der Waals surface area contributed by atoms with Gasteiger partial charge in [-0.3, -0.25) is 15.1 Å². The number of aromatic nitrogens is 1. The normalized spacial score (nSPS) is 10.4. The number of nitrogens with one attached hydrogen (secondary N) is 1. The molecule has 0 saturated carbocycles. The van der Waals surface area contributed by atoms with Gasteiger partial charge in [-0.1, -0.05) is 13.8 Å². The van der Waals surface area contributed by atoms with Crippen molar-refractivity contribution in [3.05, 3.63) is 27.0 Å². The van der Waals surface area contributed by atoms with E-state index in [9.17, 15) is 10.1 Å². The fourth-order valence-electron chi connectivity index (χ4n) is 1.04. The molecule has 0 aliphatic carbocycles. The summed E-state index contributed by atoms with van der Waals surface area (Å²) in [6.45, 7) is 4.76. The lowest BCUT2D eigenvalue weighted by molar-refractivity contribution is -0.384. The third kappa shape index (κ3) is 3.16. The van der Waals surface area contributed by atoms with Crippen LogP contribution in [-0.4, -0.2) is 16.5 Å². The van der Waals surface area contributed by atoms with E-state index in [1.165, 1.54) is 12.4 Å². The molecule has 6 heteroatoms. The predicted molar refractivity (Wildman–Crippen MR) is 61.9 cm³/mol. The van der Waals surface area contributed by atoms with Crippen LogP contribution in [-0.2, 0) is 0 Å². The minimum absolute atomic E-state index is 0.00924. The Hall–Kier alpha value is -1.17. The van der Waals surface area contributed by atoms with Crippen LogP contribution >= 0.6 is 15.9 Å². The van der Waals surface area contributed by atoms with Crippen molar-refractivity contribution >= 4 is 27.3 Å². The molecule has 5 nitrogen and oxygen atoms in total. The van der Waals surface area contributed by atoms with Gasteiger partial charge < -0.3 is 5.32 Å². The first kappa shape index (κ1) is 11.9. The summed E-state index contributed by atoms with van der Waals surface area (Å²) < 4.78 is 0.609. The summed E-state index contributed by atoms with van der Waals surface area (Å²) in [4.78, 5) is 14.0. The quantitative estimate of drug-likeness (QED) is 0.677. The summed E-state index contributed by atoms with van der Waals surface area (Å²) in [7, 11) is 0. The molecule has 0 saturated heterocycles. The zero-order valence-electron chi connectivity index (χ0n) is 8.53. The minimum Gasteiger partial charge on any atom is -0.378 e. The molecule has 1 aromatic heterocycles. The highest BCUT2D eigenvalue weighted by Crippen LogP contribution is 2.30. The van der Waals surface area contributed by atoms with Crippen molar-refractivity contribution in [2.24, 2.45) is 5.92 Å². The average molecular weight is 274 g/mol. The lowest BCUT2D eigenvalue weighted by Crippen LogP contribution is -2.10. The number of rotatable bonds is 4. The van der Waals surface area contributed by atoms with Gasteiger partial charge in [0.15, 0.2) is 0 Å². The second-order valence-corrected chi connectivity index (χ2v) is 4.40. The van der Waals surface area contributed by atoms with Crippen molar-refractivity contribution in [2.45, 2.75) is 13.8 Å². The molecule has 1 N–H and O–H groups in total. The van der Waals surface area contributed by atoms with Crippen LogP contribution in [0.4, 0.5) is 11.4 Å². The van der Waals surface area contributed by atoms with E-state index in [1.807, 2.05) is 13.8 Å². The Morgan fingerprint density at radius 2 is 2.27 bits per heavy atom. The van der Waals surface area contributed by atoms with Gasteiger partial charge in [0.1, 0.15) is 11.9 Å². The summed E-state index contributed by atoms with van der Waals surface area (Å²) in [6.07, 6.45) is 2.78.